The van der Waals surface area contributed by atoms with E-state index in [-0.39, 0.29) is 5.54 Å². The average molecular weight is 240 g/mol. The Hall–Kier alpha value is -0.340. The second-order valence-corrected chi connectivity index (χ2v) is 5.13. The molecular formula is C11H14BrN. The summed E-state index contributed by atoms with van der Waals surface area (Å²) in [6.07, 6.45) is 0. The molecule has 1 aromatic rings. The van der Waals surface area contributed by atoms with Crippen molar-refractivity contribution in [2.45, 2.75) is 25.3 Å². The minimum Gasteiger partial charge on any atom is -0.310 e. The molecule has 0 aromatic heterocycles. The first-order valence-electron chi connectivity index (χ1n) is 4.60. The average Bonchev–Trinajstić information content (AvgIpc) is 2.02. The summed E-state index contributed by atoms with van der Waals surface area (Å²) in [4.78, 5) is 0. The standard InChI is InChI=1S/C11H14BrN/c1-11(2)10(7-13-11)8-4-3-5-9(12)6-8/h3-6,10,13H,7H2,1-2H3. The Morgan fingerprint density at radius 2 is 2.23 bits per heavy atom. The number of hydrogen-bond donors (Lipinski definition) is 1. The van der Waals surface area contributed by atoms with Gasteiger partial charge in [0.1, 0.15) is 0 Å². The number of rotatable bonds is 1. The van der Waals surface area contributed by atoms with Crippen molar-refractivity contribution >= 4 is 15.9 Å². The molecule has 0 spiro atoms. The predicted octanol–water partition coefficient (Wildman–Crippen LogP) is 2.91. The first-order valence-corrected chi connectivity index (χ1v) is 5.39. The molecule has 1 aliphatic rings. The minimum absolute atomic E-state index is 0.265. The normalized spacial score (nSPS) is 25.3. The molecular weight excluding hydrogens is 226 g/mol. The fourth-order valence-corrected chi connectivity index (χ4v) is 2.29. The maximum absolute atomic E-state index is 3.50. The lowest BCUT2D eigenvalue weighted by atomic mass is 9.75. The Labute approximate surface area is 87.7 Å². The van der Waals surface area contributed by atoms with Crippen molar-refractivity contribution in [3.63, 3.8) is 0 Å². The largest absolute Gasteiger partial charge is 0.310 e. The molecule has 0 amide bonds. The van der Waals surface area contributed by atoms with E-state index >= 15 is 0 Å². The Morgan fingerprint density at radius 1 is 1.46 bits per heavy atom. The maximum Gasteiger partial charge on any atom is 0.0206 e. The zero-order chi connectivity index (χ0) is 9.47. The Kier molecular flexibility index (Phi) is 2.20. The zero-order valence-corrected chi connectivity index (χ0v) is 9.56. The third-order valence-corrected chi connectivity index (χ3v) is 3.38. The molecule has 2 rings (SSSR count). The smallest absolute Gasteiger partial charge is 0.0206 e. The topological polar surface area (TPSA) is 12.0 Å². The lowest BCUT2D eigenvalue weighted by Crippen LogP contribution is -2.59. The van der Waals surface area contributed by atoms with E-state index in [9.17, 15) is 0 Å². The summed E-state index contributed by atoms with van der Waals surface area (Å²) in [6.45, 7) is 5.60. The van der Waals surface area contributed by atoms with Gasteiger partial charge in [0.15, 0.2) is 0 Å². The molecule has 1 fully saturated rings. The highest BCUT2D eigenvalue weighted by Crippen LogP contribution is 2.35. The van der Waals surface area contributed by atoms with Crippen molar-refractivity contribution in [1.29, 1.82) is 0 Å². The molecule has 1 atom stereocenters. The van der Waals surface area contributed by atoms with Crippen LogP contribution in [0.15, 0.2) is 28.7 Å². The SMILES string of the molecule is CC1(C)NCC1c1cccc(Br)c1. The molecule has 0 bridgehead atoms. The van der Waals surface area contributed by atoms with Crippen LogP contribution in [0.3, 0.4) is 0 Å². The van der Waals surface area contributed by atoms with E-state index in [1.807, 2.05) is 0 Å². The second-order valence-electron chi connectivity index (χ2n) is 4.21. The summed E-state index contributed by atoms with van der Waals surface area (Å²) >= 11 is 3.50. The van der Waals surface area contributed by atoms with Crippen LogP contribution >= 0.6 is 15.9 Å². The Balaban J connectivity index is 2.26. The molecule has 1 nitrogen and oxygen atoms in total. The van der Waals surface area contributed by atoms with Crippen molar-refractivity contribution in [1.82, 2.24) is 5.32 Å². The van der Waals surface area contributed by atoms with Crippen LogP contribution in [-0.4, -0.2) is 12.1 Å². The van der Waals surface area contributed by atoms with Gasteiger partial charge in [0.25, 0.3) is 0 Å². The third kappa shape index (κ3) is 1.65. The van der Waals surface area contributed by atoms with Gasteiger partial charge in [0, 0.05) is 22.5 Å². The maximum atomic E-state index is 3.50. The predicted molar refractivity (Wildman–Crippen MR) is 59.0 cm³/mol. The lowest BCUT2D eigenvalue weighted by molar-refractivity contribution is 0.208. The van der Waals surface area contributed by atoms with Gasteiger partial charge in [0.05, 0.1) is 0 Å². The van der Waals surface area contributed by atoms with Crippen molar-refractivity contribution in [3.05, 3.63) is 34.3 Å². The third-order valence-electron chi connectivity index (χ3n) is 2.88. The number of benzene rings is 1. The number of halogens is 1. The molecule has 1 saturated heterocycles. The molecule has 0 saturated carbocycles. The summed E-state index contributed by atoms with van der Waals surface area (Å²) in [6, 6.07) is 8.60. The molecule has 0 radical (unpaired) electrons. The van der Waals surface area contributed by atoms with Gasteiger partial charge in [-0.1, -0.05) is 28.1 Å². The van der Waals surface area contributed by atoms with Crippen LogP contribution in [0.5, 0.6) is 0 Å². The molecule has 1 N–H and O–H groups in total. The molecule has 1 aromatic carbocycles. The summed E-state index contributed by atoms with van der Waals surface area (Å²) in [7, 11) is 0. The summed E-state index contributed by atoms with van der Waals surface area (Å²) in [5, 5.41) is 3.44. The highest BCUT2D eigenvalue weighted by Gasteiger charge is 2.38. The van der Waals surface area contributed by atoms with Crippen molar-refractivity contribution in [3.8, 4) is 0 Å². The summed E-state index contributed by atoms with van der Waals surface area (Å²) in [5.41, 5.74) is 1.69. The van der Waals surface area contributed by atoms with Crippen LogP contribution in [0.2, 0.25) is 0 Å². The Bertz CT molecular complexity index is 320. The molecule has 1 unspecified atom stereocenters. The van der Waals surface area contributed by atoms with E-state index in [2.05, 4.69) is 59.4 Å². The molecule has 2 heteroatoms. The van der Waals surface area contributed by atoms with Gasteiger partial charge >= 0.3 is 0 Å². The van der Waals surface area contributed by atoms with E-state index in [1.165, 1.54) is 10.0 Å². The van der Waals surface area contributed by atoms with Crippen LogP contribution in [0.4, 0.5) is 0 Å². The van der Waals surface area contributed by atoms with Gasteiger partial charge in [-0.15, -0.1) is 0 Å². The molecule has 1 heterocycles. The fraction of sp³-hybridized carbons (Fsp3) is 0.455. The lowest BCUT2D eigenvalue weighted by Gasteiger charge is -2.46. The van der Waals surface area contributed by atoms with Crippen LogP contribution < -0.4 is 5.32 Å². The van der Waals surface area contributed by atoms with E-state index < -0.39 is 0 Å². The van der Waals surface area contributed by atoms with Gasteiger partial charge in [-0.2, -0.15) is 0 Å². The van der Waals surface area contributed by atoms with Crippen molar-refractivity contribution < 1.29 is 0 Å². The molecule has 0 aliphatic carbocycles. The zero-order valence-electron chi connectivity index (χ0n) is 7.97. The first kappa shape index (κ1) is 9.22. The summed E-state index contributed by atoms with van der Waals surface area (Å²) < 4.78 is 1.17. The molecule has 70 valence electrons. The summed E-state index contributed by atoms with van der Waals surface area (Å²) in [5.74, 6) is 0.657. The monoisotopic (exact) mass is 239 g/mol. The van der Waals surface area contributed by atoms with Crippen molar-refractivity contribution in [2.24, 2.45) is 0 Å². The van der Waals surface area contributed by atoms with Gasteiger partial charge in [-0.3, -0.25) is 0 Å². The first-order chi connectivity index (χ1) is 6.09. The number of nitrogens with one attached hydrogen (secondary N) is 1. The van der Waals surface area contributed by atoms with Gasteiger partial charge in [-0.05, 0) is 31.5 Å². The van der Waals surface area contributed by atoms with E-state index in [0.717, 1.165) is 6.54 Å². The Morgan fingerprint density at radius 3 is 2.69 bits per heavy atom. The van der Waals surface area contributed by atoms with E-state index in [0.29, 0.717) is 5.92 Å². The number of hydrogen-bond acceptors (Lipinski definition) is 1. The fourth-order valence-electron chi connectivity index (χ4n) is 1.87. The van der Waals surface area contributed by atoms with Crippen LogP contribution in [0, 0.1) is 0 Å². The van der Waals surface area contributed by atoms with Crippen LogP contribution in [-0.2, 0) is 0 Å². The van der Waals surface area contributed by atoms with Gasteiger partial charge < -0.3 is 5.32 Å². The van der Waals surface area contributed by atoms with Gasteiger partial charge in [-0.25, -0.2) is 0 Å². The van der Waals surface area contributed by atoms with E-state index in [1.54, 1.807) is 0 Å². The van der Waals surface area contributed by atoms with Crippen molar-refractivity contribution in [2.75, 3.05) is 6.54 Å². The highest BCUT2D eigenvalue weighted by atomic mass is 79.9. The van der Waals surface area contributed by atoms with Crippen LogP contribution in [0.25, 0.3) is 0 Å². The van der Waals surface area contributed by atoms with E-state index in [4.69, 9.17) is 0 Å². The second kappa shape index (κ2) is 3.10. The van der Waals surface area contributed by atoms with Gasteiger partial charge in [0.2, 0.25) is 0 Å². The van der Waals surface area contributed by atoms with Crippen LogP contribution in [0.1, 0.15) is 25.3 Å². The minimum atomic E-state index is 0.265. The quantitative estimate of drug-likeness (QED) is 0.795. The highest BCUT2D eigenvalue weighted by molar-refractivity contribution is 9.10. The molecule has 13 heavy (non-hydrogen) atoms. The molecule has 1 aliphatic heterocycles.